The number of hydrogen-bond acceptors (Lipinski definition) is 6. The lowest BCUT2D eigenvalue weighted by atomic mass is 10.1. The third-order valence-corrected chi connectivity index (χ3v) is 4.93. The van der Waals surface area contributed by atoms with Crippen molar-refractivity contribution in [3.63, 3.8) is 0 Å². The highest BCUT2D eigenvalue weighted by Crippen LogP contribution is 2.35. The molecule has 26 heavy (non-hydrogen) atoms. The number of thioether (sulfide) groups is 1. The van der Waals surface area contributed by atoms with E-state index in [4.69, 9.17) is 9.47 Å². The maximum Gasteiger partial charge on any atom is 0.294 e. The minimum absolute atomic E-state index is 0.236. The lowest BCUT2D eigenvalue weighted by molar-refractivity contribution is -0.124. The van der Waals surface area contributed by atoms with Crippen LogP contribution in [0.4, 0.5) is 4.79 Å². The van der Waals surface area contributed by atoms with Gasteiger partial charge in [0.05, 0.1) is 25.8 Å². The average Bonchev–Trinajstić information content (AvgIpc) is 2.89. The van der Waals surface area contributed by atoms with Gasteiger partial charge in [0.15, 0.2) is 0 Å². The Morgan fingerprint density at radius 2 is 1.81 bits per heavy atom. The molecular weight excluding hydrogens is 352 g/mol. The van der Waals surface area contributed by atoms with Gasteiger partial charge in [0.1, 0.15) is 11.5 Å². The molecule has 142 valence electrons. The highest BCUT2D eigenvalue weighted by molar-refractivity contribution is 8.18. The monoisotopic (exact) mass is 378 g/mol. The molecule has 1 fully saturated rings. The predicted molar refractivity (Wildman–Crippen MR) is 104 cm³/mol. The van der Waals surface area contributed by atoms with Crippen molar-refractivity contribution < 1.29 is 19.1 Å². The Hall–Kier alpha value is -1.99. The summed E-state index contributed by atoms with van der Waals surface area (Å²) in [6, 6.07) is 5.35. The van der Waals surface area contributed by atoms with E-state index in [9.17, 15) is 9.59 Å². The summed E-state index contributed by atoms with van der Waals surface area (Å²) in [7, 11) is 3.15. The van der Waals surface area contributed by atoms with Gasteiger partial charge in [-0.05, 0) is 62.0 Å². The van der Waals surface area contributed by atoms with Crippen LogP contribution in [0.3, 0.4) is 0 Å². The van der Waals surface area contributed by atoms with Crippen molar-refractivity contribution in [2.75, 3.05) is 34.0 Å². The van der Waals surface area contributed by atoms with Crippen LogP contribution in [0.1, 0.15) is 32.3 Å². The van der Waals surface area contributed by atoms with Crippen LogP contribution in [0.15, 0.2) is 23.1 Å². The van der Waals surface area contributed by atoms with Gasteiger partial charge in [-0.25, -0.2) is 0 Å². The zero-order chi connectivity index (χ0) is 19.1. The smallest absolute Gasteiger partial charge is 0.294 e. The number of carbonyl (C=O) groups excluding carboxylic acids is 2. The minimum atomic E-state index is -0.262. The van der Waals surface area contributed by atoms with E-state index in [1.165, 1.54) is 4.90 Å². The Kier molecular flexibility index (Phi) is 7.53. The van der Waals surface area contributed by atoms with Gasteiger partial charge in [-0.2, -0.15) is 0 Å². The maximum absolute atomic E-state index is 12.7. The van der Waals surface area contributed by atoms with E-state index in [0.29, 0.717) is 28.6 Å². The van der Waals surface area contributed by atoms with Crippen LogP contribution in [-0.4, -0.2) is 54.9 Å². The molecule has 1 aromatic carbocycles. The third-order valence-electron chi connectivity index (χ3n) is 4.02. The number of ether oxygens (including phenoxy) is 2. The van der Waals surface area contributed by atoms with Crippen molar-refractivity contribution in [3.8, 4) is 11.5 Å². The number of methoxy groups -OCH3 is 2. The Morgan fingerprint density at radius 1 is 1.12 bits per heavy atom. The van der Waals surface area contributed by atoms with Crippen molar-refractivity contribution in [3.05, 3.63) is 28.7 Å². The molecular formula is C19H26N2O4S. The molecule has 2 amide bonds. The van der Waals surface area contributed by atoms with Gasteiger partial charge in [0.2, 0.25) is 0 Å². The van der Waals surface area contributed by atoms with Crippen LogP contribution in [0, 0.1) is 0 Å². The van der Waals surface area contributed by atoms with E-state index < -0.39 is 0 Å². The van der Waals surface area contributed by atoms with E-state index in [1.807, 2.05) is 0 Å². The van der Waals surface area contributed by atoms with Crippen molar-refractivity contribution in [1.82, 2.24) is 9.80 Å². The van der Waals surface area contributed by atoms with Crippen LogP contribution in [-0.2, 0) is 4.79 Å². The first-order valence-electron chi connectivity index (χ1n) is 8.73. The lowest BCUT2D eigenvalue weighted by Crippen LogP contribution is -2.41. The molecule has 2 rings (SSSR count). The van der Waals surface area contributed by atoms with Crippen LogP contribution >= 0.6 is 11.8 Å². The summed E-state index contributed by atoms with van der Waals surface area (Å²) >= 11 is 0.963. The molecule has 0 radical (unpaired) electrons. The van der Waals surface area contributed by atoms with Crippen molar-refractivity contribution in [1.29, 1.82) is 0 Å². The van der Waals surface area contributed by atoms with Gasteiger partial charge in [-0.3, -0.25) is 19.4 Å². The fourth-order valence-corrected chi connectivity index (χ4v) is 3.62. The highest BCUT2D eigenvalue weighted by Gasteiger charge is 2.36. The Bertz CT molecular complexity index is 684. The summed E-state index contributed by atoms with van der Waals surface area (Å²) in [5.74, 6) is 1.02. The van der Waals surface area contributed by atoms with Crippen molar-refractivity contribution in [2.45, 2.75) is 26.7 Å². The molecule has 0 bridgehead atoms. The second-order valence-corrected chi connectivity index (χ2v) is 6.97. The number of benzene rings is 1. The van der Waals surface area contributed by atoms with Crippen molar-refractivity contribution >= 4 is 29.0 Å². The highest BCUT2D eigenvalue weighted by atomic mass is 32.2. The number of carbonyl (C=O) groups is 2. The van der Waals surface area contributed by atoms with E-state index in [2.05, 4.69) is 18.7 Å². The molecule has 0 saturated carbocycles. The third kappa shape index (κ3) is 4.80. The van der Waals surface area contributed by atoms with Gasteiger partial charge in [-0.15, -0.1) is 0 Å². The SMILES string of the molecule is CCCN(CCC)CN1C(=O)S/C(=C/c2cc(OC)ccc2OC)C1=O. The Balaban J connectivity index is 2.23. The van der Waals surface area contributed by atoms with Gasteiger partial charge in [0.25, 0.3) is 11.1 Å². The molecule has 1 aliphatic rings. The number of rotatable bonds is 9. The van der Waals surface area contributed by atoms with Crippen LogP contribution in [0.25, 0.3) is 6.08 Å². The van der Waals surface area contributed by atoms with Crippen LogP contribution in [0.5, 0.6) is 11.5 Å². The second kappa shape index (κ2) is 9.64. The fraction of sp³-hybridized carbons (Fsp3) is 0.474. The lowest BCUT2D eigenvalue weighted by Gasteiger charge is -2.25. The normalized spacial score (nSPS) is 16.0. The predicted octanol–water partition coefficient (Wildman–Crippen LogP) is 3.82. The molecule has 0 aromatic heterocycles. The van der Waals surface area contributed by atoms with Gasteiger partial charge in [-0.1, -0.05) is 13.8 Å². The summed E-state index contributed by atoms with van der Waals surface area (Å²) in [5.41, 5.74) is 0.705. The van der Waals surface area contributed by atoms with E-state index in [1.54, 1.807) is 38.5 Å². The number of nitrogens with zero attached hydrogens (tertiary/aromatic N) is 2. The molecule has 0 atom stereocenters. The molecule has 7 heteroatoms. The first-order chi connectivity index (χ1) is 12.5. The molecule has 0 unspecified atom stereocenters. The maximum atomic E-state index is 12.7. The minimum Gasteiger partial charge on any atom is -0.497 e. The van der Waals surface area contributed by atoms with Crippen molar-refractivity contribution in [2.24, 2.45) is 0 Å². The second-order valence-electron chi connectivity index (χ2n) is 5.98. The largest absolute Gasteiger partial charge is 0.497 e. The number of amides is 2. The average molecular weight is 378 g/mol. The molecule has 6 nitrogen and oxygen atoms in total. The zero-order valence-corrected chi connectivity index (χ0v) is 16.6. The van der Waals surface area contributed by atoms with Gasteiger partial charge in [0, 0.05) is 5.56 Å². The zero-order valence-electron chi connectivity index (χ0n) is 15.8. The summed E-state index contributed by atoms with van der Waals surface area (Å²) in [5, 5.41) is -0.236. The van der Waals surface area contributed by atoms with E-state index >= 15 is 0 Å². The number of imide groups is 1. The topological polar surface area (TPSA) is 59.1 Å². The molecule has 1 aliphatic heterocycles. The molecule has 0 spiro atoms. The first kappa shape index (κ1) is 20.3. The molecule has 1 aromatic rings. The summed E-state index contributed by atoms with van der Waals surface area (Å²) in [4.78, 5) is 28.9. The molecule has 0 aliphatic carbocycles. The fourth-order valence-electron chi connectivity index (χ4n) is 2.80. The van der Waals surface area contributed by atoms with Gasteiger partial charge >= 0.3 is 0 Å². The van der Waals surface area contributed by atoms with Crippen LogP contribution < -0.4 is 9.47 Å². The Morgan fingerprint density at radius 3 is 2.38 bits per heavy atom. The number of hydrogen-bond donors (Lipinski definition) is 0. The molecule has 1 saturated heterocycles. The van der Waals surface area contributed by atoms with Crippen LogP contribution in [0.2, 0.25) is 0 Å². The standard InChI is InChI=1S/C19H26N2O4S/c1-5-9-20(10-6-2)13-21-18(22)17(26-19(21)23)12-14-11-15(24-3)7-8-16(14)25-4/h7-8,11-12H,5-6,9-10,13H2,1-4H3/b17-12+. The summed E-state index contributed by atoms with van der Waals surface area (Å²) in [6.07, 6.45) is 3.65. The van der Waals surface area contributed by atoms with E-state index in [0.717, 1.165) is 37.7 Å². The summed E-state index contributed by atoms with van der Waals surface area (Å²) in [6.45, 7) is 6.23. The first-order valence-corrected chi connectivity index (χ1v) is 9.55. The molecule has 0 N–H and O–H groups in total. The summed E-state index contributed by atoms with van der Waals surface area (Å²) < 4.78 is 10.6. The Labute approximate surface area is 159 Å². The van der Waals surface area contributed by atoms with E-state index in [-0.39, 0.29) is 11.1 Å². The molecule has 1 heterocycles. The quantitative estimate of drug-likeness (QED) is 0.609. The van der Waals surface area contributed by atoms with Gasteiger partial charge < -0.3 is 9.47 Å².